The van der Waals surface area contributed by atoms with Gasteiger partial charge in [0.15, 0.2) is 0 Å². The molecular formula is C11H18ClNO. The number of hydrogen-bond acceptors (Lipinski definition) is 2. The van der Waals surface area contributed by atoms with Crippen LogP contribution in [0.5, 0.6) is 0 Å². The Kier molecular flexibility index (Phi) is 3.68. The summed E-state index contributed by atoms with van der Waals surface area (Å²) in [6.07, 6.45) is 9.22. The molecule has 80 valence electrons. The lowest BCUT2D eigenvalue weighted by Crippen LogP contribution is -2.16. The van der Waals surface area contributed by atoms with E-state index >= 15 is 0 Å². The van der Waals surface area contributed by atoms with E-state index in [0.717, 1.165) is 6.42 Å². The Labute approximate surface area is 90.6 Å². The summed E-state index contributed by atoms with van der Waals surface area (Å²) in [5.41, 5.74) is 1.28. The summed E-state index contributed by atoms with van der Waals surface area (Å²) in [5, 5.41) is 4.19. The monoisotopic (exact) mass is 215 g/mol. The molecule has 2 aliphatic rings. The van der Waals surface area contributed by atoms with Crippen LogP contribution < -0.4 is 0 Å². The average molecular weight is 216 g/mol. The molecule has 1 heterocycles. The van der Waals surface area contributed by atoms with Crippen molar-refractivity contribution in [3.05, 3.63) is 0 Å². The molecule has 0 aromatic heterocycles. The highest BCUT2D eigenvalue weighted by atomic mass is 35.5. The van der Waals surface area contributed by atoms with Gasteiger partial charge < -0.3 is 4.84 Å². The van der Waals surface area contributed by atoms with E-state index in [4.69, 9.17) is 16.4 Å². The lowest BCUT2D eigenvalue weighted by molar-refractivity contribution is 0.102. The van der Waals surface area contributed by atoms with Gasteiger partial charge in [-0.2, -0.15) is 0 Å². The molecule has 2 nitrogen and oxygen atoms in total. The molecule has 0 aromatic carbocycles. The summed E-state index contributed by atoms with van der Waals surface area (Å²) in [6.45, 7) is 0. The molecule has 1 saturated carbocycles. The Morgan fingerprint density at radius 1 is 1.21 bits per heavy atom. The molecule has 1 aliphatic heterocycles. The summed E-state index contributed by atoms with van der Waals surface area (Å²) in [4.78, 5) is 5.26. The van der Waals surface area contributed by atoms with Crippen molar-refractivity contribution < 1.29 is 4.84 Å². The second-order valence-corrected chi connectivity index (χ2v) is 4.67. The standard InChI is InChI=1S/C11H18ClNO/c12-8-10-7-11(13-14-10)9-5-3-1-2-4-6-9/h9-10H,1-8H2. The maximum atomic E-state index is 5.75. The molecule has 0 bridgehead atoms. The van der Waals surface area contributed by atoms with E-state index in [-0.39, 0.29) is 6.10 Å². The maximum absolute atomic E-state index is 5.75. The third-order valence-corrected chi connectivity index (χ3v) is 3.60. The van der Waals surface area contributed by atoms with Crippen LogP contribution in [-0.2, 0) is 4.84 Å². The van der Waals surface area contributed by atoms with Crippen LogP contribution in [0.15, 0.2) is 5.16 Å². The molecule has 1 unspecified atom stereocenters. The average Bonchev–Trinajstić information content (AvgIpc) is 2.53. The molecule has 2 rings (SSSR count). The molecule has 0 radical (unpaired) electrons. The predicted octanol–water partition coefficient (Wildman–Crippen LogP) is 3.34. The van der Waals surface area contributed by atoms with Gasteiger partial charge in [-0.25, -0.2) is 0 Å². The molecule has 0 aromatic rings. The van der Waals surface area contributed by atoms with E-state index in [1.54, 1.807) is 0 Å². The molecule has 1 atom stereocenters. The molecule has 0 saturated heterocycles. The van der Waals surface area contributed by atoms with Gasteiger partial charge in [-0.05, 0) is 12.8 Å². The molecular weight excluding hydrogens is 198 g/mol. The smallest absolute Gasteiger partial charge is 0.146 e. The van der Waals surface area contributed by atoms with Gasteiger partial charge in [0, 0.05) is 12.3 Å². The van der Waals surface area contributed by atoms with Gasteiger partial charge in [-0.3, -0.25) is 0 Å². The minimum Gasteiger partial charge on any atom is -0.391 e. The fourth-order valence-corrected chi connectivity index (χ4v) is 2.55. The number of hydrogen-bond donors (Lipinski definition) is 0. The molecule has 1 fully saturated rings. The minimum absolute atomic E-state index is 0.148. The molecule has 1 aliphatic carbocycles. The molecule has 14 heavy (non-hydrogen) atoms. The van der Waals surface area contributed by atoms with E-state index in [9.17, 15) is 0 Å². The first-order chi connectivity index (χ1) is 6.90. The van der Waals surface area contributed by atoms with Gasteiger partial charge in [0.25, 0.3) is 0 Å². The SMILES string of the molecule is ClCC1CC(C2CCCCCC2)=NO1. The van der Waals surface area contributed by atoms with Gasteiger partial charge in [-0.15, -0.1) is 11.6 Å². The quantitative estimate of drug-likeness (QED) is 0.512. The van der Waals surface area contributed by atoms with Crippen molar-refractivity contribution in [3.8, 4) is 0 Å². The van der Waals surface area contributed by atoms with Crippen LogP contribution in [0, 0.1) is 5.92 Å². The summed E-state index contributed by atoms with van der Waals surface area (Å²) in [6, 6.07) is 0. The Hall–Kier alpha value is -0.240. The van der Waals surface area contributed by atoms with Gasteiger partial charge >= 0.3 is 0 Å². The summed E-state index contributed by atoms with van der Waals surface area (Å²) >= 11 is 5.75. The van der Waals surface area contributed by atoms with Crippen LogP contribution in [0.25, 0.3) is 0 Å². The van der Waals surface area contributed by atoms with Crippen molar-refractivity contribution in [3.63, 3.8) is 0 Å². The van der Waals surface area contributed by atoms with Gasteiger partial charge in [0.2, 0.25) is 0 Å². The lowest BCUT2D eigenvalue weighted by Gasteiger charge is -2.12. The Morgan fingerprint density at radius 3 is 2.50 bits per heavy atom. The topological polar surface area (TPSA) is 21.6 Å². The van der Waals surface area contributed by atoms with Crippen molar-refractivity contribution in [1.82, 2.24) is 0 Å². The molecule has 0 amide bonds. The second-order valence-electron chi connectivity index (χ2n) is 4.36. The molecule has 3 heteroatoms. The first-order valence-electron chi connectivity index (χ1n) is 5.68. The van der Waals surface area contributed by atoms with Crippen LogP contribution in [0.2, 0.25) is 0 Å². The Bertz CT molecular complexity index is 209. The van der Waals surface area contributed by atoms with E-state index in [2.05, 4.69) is 5.16 Å². The fourth-order valence-electron chi connectivity index (χ4n) is 2.39. The highest BCUT2D eigenvalue weighted by molar-refractivity contribution is 6.18. The third kappa shape index (κ3) is 2.41. The highest BCUT2D eigenvalue weighted by Gasteiger charge is 2.26. The summed E-state index contributed by atoms with van der Waals surface area (Å²) in [7, 11) is 0. The zero-order valence-corrected chi connectivity index (χ0v) is 9.30. The van der Waals surface area contributed by atoms with Gasteiger partial charge in [0.05, 0.1) is 11.6 Å². The Balaban J connectivity index is 1.88. The van der Waals surface area contributed by atoms with Crippen molar-refractivity contribution in [2.45, 2.75) is 51.0 Å². The van der Waals surface area contributed by atoms with Crippen LogP contribution >= 0.6 is 11.6 Å². The van der Waals surface area contributed by atoms with Gasteiger partial charge in [0.1, 0.15) is 6.10 Å². The lowest BCUT2D eigenvalue weighted by atomic mass is 9.92. The van der Waals surface area contributed by atoms with Gasteiger partial charge in [-0.1, -0.05) is 30.8 Å². The van der Waals surface area contributed by atoms with Crippen molar-refractivity contribution in [1.29, 1.82) is 0 Å². The van der Waals surface area contributed by atoms with Crippen molar-refractivity contribution in [2.75, 3.05) is 5.88 Å². The number of alkyl halides is 1. The van der Waals surface area contributed by atoms with Crippen LogP contribution in [-0.4, -0.2) is 17.7 Å². The largest absolute Gasteiger partial charge is 0.391 e. The zero-order valence-electron chi connectivity index (χ0n) is 8.54. The van der Waals surface area contributed by atoms with Crippen molar-refractivity contribution in [2.24, 2.45) is 11.1 Å². The molecule has 0 spiro atoms. The maximum Gasteiger partial charge on any atom is 0.146 e. The van der Waals surface area contributed by atoms with E-state index in [1.807, 2.05) is 0 Å². The minimum atomic E-state index is 0.148. The highest BCUT2D eigenvalue weighted by Crippen LogP contribution is 2.28. The number of rotatable bonds is 2. The zero-order chi connectivity index (χ0) is 9.80. The number of nitrogens with zero attached hydrogens (tertiary/aromatic N) is 1. The first kappa shape index (κ1) is 10.3. The van der Waals surface area contributed by atoms with Crippen LogP contribution in [0.3, 0.4) is 0 Å². The van der Waals surface area contributed by atoms with Crippen LogP contribution in [0.1, 0.15) is 44.9 Å². The van der Waals surface area contributed by atoms with Crippen LogP contribution in [0.4, 0.5) is 0 Å². The summed E-state index contributed by atoms with van der Waals surface area (Å²) < 4.78 is 0. The molecule has 0 N–H and O–H groups in total. The fraction of sp³-hybridized carbons (Fsp3) is 0.909. The normalized spacial score (nSPS) is 29.5. The van der Waals surface area contributed by atoms with Crippen molar-refractivity contribution >= 4 is 17.3 Å². The third-order valence-electron chi connectivity index (χ3n) is 3.25. The first-order valence-corrected chi connectivity index (χ1v) is 6.22. The Morgan fingerprint density at radius 2 is 1.93 bits per heavy atom. The van der Waals surface area contributed by atoms with E-state index in [0.29, 0.717) is 11.8 Å². The second kappa shape index (κ2) is 5.01. The van der Waals surface area contributed by atoms with E-state index < -0.39 is 0 Å². The predicted molar refractivity (Wildman–Crippen MR) is 58.8 cm³/mol. The number of halogens is 1. The summed E-state index contributed by atoms with van der Waals surface area (Å²) in [5.74, 6) is 1.26. The number of oxime groups is 1. The van der Waals surface area contributed by atoms with E-state index in [1.165, 1.54) is 44.2 Å².